The van der Waals surface area contributed by atoms with Crippen LogP contribution < -0.4 is 0 Å². The van der Waals surface area contributed by atoms with Crippen molar-refractivity contribution in [2.75, 3.05) is 0 Å². The van der Waals surface area contributed by atoms with E-state index in [1.807, 2.05) is 6.08 Å². The van der Waals surface area contributed by atoms with Crippen LogP contribution in [0.2, 0.25) is 0 Å². The Bertz CT molecular complexity index is 244. The first-order chi connectivity index (χ1) is 5.57. The Kier molecular flexibility index (Phi) is 5.40. The summed E-state index contributed by atoms with van der Waals surface area (Å²) >= 11 is 0. The molecule has 1 aliphatic carbocycles. The third-order valence-electron chi connectivity index (χ3n) is 2.25. The van der Waals surface area contributed by atoms with Gasteiger partial charge in [-0.1, -0.05) is 20.8 Å². The summed E-state index contributed by atoms with van der Waals surface area (Å²) < 4.78 is 0. The third-order valence-corrected chi connectivity index (χ3v) is 2.25. The first kappa shape index (κ1) is 13.3. The van der Waals surface area contributed by atoms with Crippen molar-refractivity contribution in [2.24, 2.45) is 5.41 Å². The SMILES string of the molecule is C=CC1=[C-]/C(=C/C)CC(C)(C)C1.[Y+3]. The Hall–Kier alpha value is 0.324. The van der Waals surface area contributed by atoms with Crippen molar-refractivity contribution < 1.29 is 32.7 Å². The average molecular weight is 250 g/mol. The third kappa shape index (κ3) is 3.91. The van der Waals surface area contributed by atoms with Crippen LogP contribution in [-0.2, 0) is 32.7 Å². The molecular formula is C12H17Y+2. The van der Waals surface area contributed by atoms with Gasteiger partial charge >= 0.3 is 32.7 Å². The minimum atomic E-state index is 0. The molecule has 0 radical (unpaired) electrons. The van der Waals surface area contributed by atoms with Crippen LogP contribution in [-0.4, -0.2) is 0 Å². The van der Waals surface area contributed by atoms with Crippen LogP contribution in [0.15, 0.2) is 29.9 Å². The van der Waals surface area contributed by atoms with E-state index in [1.54, 1.807) is 0 Å². The Morgan fingerprint density at radius 1 is 1.38 bits per heavy atom. The smallest absolute Gasteiger partial charge is 0.179 e. The minimum absolute atomic E-state index is 0. The second-order valence-electron chi connectivity index (χ2n) is 4.19. The van der Waals surface area contributed by atoms with Crippen molar-refractivity contribution in [3.05, 3.63) is 36.0 Å². The van der Waals surface area contributed by atoms with Gasteiger partial charge in [0.1, 0.15) is 0 Å². The fraction of sp³-hybridized carbons (Fsp3) is 0.500. The molecular weight excluding hydrogens is 233 g/mol. The van der Waals surface area contributed by atoms with Gasteiger partial charge < -0.3 is 0 Å². The molecule has 0 atom stereocenters. The summed E-state index contributed by atoms with van der Waals surface area (Å²) in [5.41, 5.74) is 2.96. The predicted octanol–water partition coefficient (Wildman–Crippen LogP) is 3.67. The summed E-state index contributed by atoms with van der Waals surface area (Å²) in [6.07, 6.45) is 9.68. The van der Waals surface area contributed by atoms with Gasteiger partial charge in [-0.3, -0.25) is 0 Å². The number of hydrogen-bond donors (Lipinski definition) is 0. The van der Waals surface area contributed by atoms with Crippen molar-refractivity contribution in [3.8, 4) is 0 Å². The van der Waals surface area contributed by atoms with Crippen LogP contribution >= 0.6 is 0 Å². The van der Waals surface area contributed by atoms with Crippen molar-refractivity contribution >= 4 is 0 Å². The molecule has 66 valence electrons. The van der Waals surface area contributed by atoms with E-state index in [9.17, 15) is 0 Å². The van der Waals surface area contributed by atoms with E-state index < -0.39 is 0 Å². The van der Waals surface area contributed by atoms with E-state index in [4.69, 9.17) is 0 Å². The van der Waals surface area contributed by atoms with Crippen LogP contribution in [0.3, 0.4) is 0 Å². The number of rotatable bonds is 1. The molecule has 0 fully saturated rings. The van der Waals surface area contributed by atoms with Crippen LogP contribution in [0.25, 0.3) is 0 Å². The van der Waals surface area contributed by atoms with Crippen LogP contribution in [0.4, 0.5) is 0 Å². The maximum atomic E-state index is 3.79. The first-order valence-corrected chi connectivity index (χ1v) is 4.48. The summed E-state index contributed by atoms with van der Waals surface area (Å²) in [5, 5.41) is 0. The number of allylic oxidation sites excluding steroid dienone is 5. The normalized spacial score (nSPS) is 23.3. The largest absolute Gasteiger partial charge is 3.00 e. The molecule has 0 aromatic rings. The predicted molar refractivity (Wildman–Crippen MR) is 53.7 cm³/mol. The standard InChI is InChI=1S/C12H17.Y/c1-5-10-7-11(6-2)9-12(3,4)8-10;/h5-6H,1,8-9H2,2-4H3;/q-1;+3/b11-6-;. The van der Waals surface area contributed by atoms with Gasteiger partial charge in [0.15, 0.2) is 0 Å². The van der Waals surface area contributed by atoms with E-state index in [0.29, 0.717) is 5.41 Å². The summed E-state index contributed by atoms with van der Waals surface area (Å²) in [5.74, 6) is 0. The van der Waals surface area contributed by atoms with Gasteiger partial charge in [-0.25, -0.2) is 0 Å². The van der Waals surface area contributed by atoms with Crippen LogP contribution in [0, 0.1) is 11.5 Å². The van der Waals surface area contributed by atoms with E-state index in [2.05, 4.69) is 39.5 Å². The maximum Gasteiger partial charge on any atom is 3.00 e. The molecule has 1 heteroatoms. The molecule has 0 heterocycles. The van der Waals surface area contributed by atoms with E-state index in [-0.39, 0.29) is 32.7 Å². The van der Waals surface area contributed by atoms with Crippen molar-refractivity contribution in [3.63, 3.8) is 0 Å². The molecule has 1 rings (SSSR count). The summed E-state index contributed by atoms with van der Waals surface area (Å²) in [6, 6.07) is 0. The molecule has 0 amide bonds. The molecule has 0 saturated carbocycles. The van der Waals surface area contributed by atoms with Crippen molar-refractivity contribution in [2.45, 2.75) is 33.6 Å². The molecule has 0 aliphatic heterocycles. The van der Waals surface area contributed by atoms with Crippen molar-refractivity contribution in [1.29, 1.82) is 0 Å². The molecule has 0 spiro atoms. The van der Waals surface area contributed by atoms with Gasteiger partial charge in [0.05, 0.1) is 0 Å². The quantitative estimate of drug-likeness (QED) is 0.623. The molecule has 0 saturated heterocycles. The van der Waals surface area contributed by atoms with Crippen LogP contribution in [0.5, 0.6) is 0 Å². The van der Waals surface area contributed by atoms with Gasteiger partial charge in [-0.05, 0) is 18.3 Å². The van der Waals surface area contributed by atoms with Gasteiger partial charge in [0, 0.05) is 0 Å². The second-order valence-corrected chi connectivity index (χ2v) is 4.19. The molecule has 13 heavy (non-hydrogen) atoms. The van der Waals surface area contributed by atoms with E-state index in [0.717, 1.165) is 12.8 Å². The van der Waals surface area contributed by atoms with Crippen molar-refractivity contribution in [1.82, 2.24) is 0 Å². The molecule has 0 unspecified atom stereocenters. The molecule has 0 aromatic heterocycles. The monoisotopic (exact) mass is 250 g/mol. The maximum absolute atomic E-state index is 3.79. The summed E-state index contributed by atoms with van der Waals surface area (Å²) in [4.78, 5) is 0. The Labute approximate surface area is 107 Å². The molecule has 0 N–H and O–H groups in total. The van der Waals surface area contributed by atoms with E-state index >= 15 is 0 Å². The molecule has 0 nitrogen and oxygen atoms in total. The fourth-order valence-electron chi connectivity index (χ4n) is 1.69. The number of hydrogen-bond acceptors (Lipinski definition) is 0. The minimum Gasteiger partial charge on any atom is -0.179 e. The summed E-state index contributed by atoms with van der Waals surface area (Å²) in [7, 11) is 0. The second kappa shape index (κ2) is 5.27. The zero-order chi connectivity index (χ0) is 9.19. The fourth-order valence-corrected chi connectivity index (χ4v) is 1.69. The van der Waals surface area contributed by atoms with Crippen LogP contribution in [0.1, 0.15) is 33.6 Å². The average Bonchev–Trinajstić information content (AvgIpc) is 2.01. The van der Waals surface area contributed by atoms with Gasteiger partial charge in [-0.15, -0.1) is 0 Å². The molecule has 0 bridgehead atoms. The molecule has 1 aliphatic rings. The Morgan fingerprint density at radius 2 is 2.00 bits per heavy atom. The first-order valence-electron chi connectivity index (χ1n) is 4.48. The van der Waals surface area contributed by atoms with E-state index in [1.165, 1.54) is 11.1 Å². The zero-order valence-corrected chi connectivity index (χ0v) is 11.7. The zero-order valence-electron chi connectivity index (χ0n) is 8.85. The van der Waals surface area contributed by atoms with Gasteiger partial charge in [-0.2, -0.15) is 36.0 Å². The Morgan fingerprint density at radius 3 is 2.46 bits per heavy atom. The van der Waals surface area contributed by atoms with Gasteiger partial charge in [0.25, 0.3) is 0 Å². The topological polar surface area (TPSA) is 0 Å². The molecule has 0 aromatic carbocycles. The summed E-state index contributed by atoms with van der Waals surface area (Å²) in [6.45, 7) is 10.5. The Balaban J connectivity index is 0.00000144. The van der Waals surface area contributed by atoms with Gasteiger partial charge in [0.2, 0.25) is 0 Å².